The molecule has 1 aliphatic heterocycles. The van der Waals surface area contributed by atoms with Gasteiger partial charge < -0.3 is 30.3 Å². The van der Waals surface area contributed by atoms with Crippen molar-refractivity contribution < 1.29 is 30.3 Å². The summed E-state index contributed by atoms with van der Waals surface area (Å²) in [5.74, 6) is -2.62. The van der Waals surface area contributed by atoms with E-state index in [1.807, 2.05) is 13.0 Å². The van der Waals surface area contributed by atoms with Gasteiger partial charge in [0.1, 0.15) is 5.75 Å². The first-order chi connectivity index (χ1) is 11.9. The first-order valence-corrected chi connectivity index (χ1v) is 8.32. The lowest BCUT2D eigenvalue weighted by Gasteiger charge is -2.37. The number of hydrogen-bond acceptors (Lipinski definition) is 6. The molecule has 2 aliphatic rings. The van der Waals surface area contributed by atoms with Crippen LogP contribution in [0, 0.1) is 0 Å². The van der Waals surface area contributed by atoms with Gasteiger partial charge in [-0.1, -0.05) is 19.1 Å². The van der Waals surface area contributed by atoms with Crippen LogP contribution in [0.4, 0.5) is 0 Å². The summed E-state index contributed by atoms with van der Waals surface area (Å²) in [4.78, 5) is 0. The number of ether oxygens (including phenoxy) is 1. The Kier molecular flexibility index (Phi) is 3.39. The molecule has 132 valence electrons. The summed E-state index contributed by atoms with van der Waals surface area (Å²) in [6.07, 6.45) is 1.15. The van der Waals surface area contributed by atoms with Crippen LogP contribution in [0.25, 0.3) is 0 Å². The fourth-order valence-electron chi connectivity index (χ4n) is 4.15. The van der Waals surface area contributed by atoms with Crippen LogP contribution < -0.4 is 4.74 Å². The molecule has 5 N–H and O–H groups in total. The topological polar surface area (TPSA) is 110 Å². The lowest BCUT2D eigenvalue weighted by molar-refractivity contribution is -0.156. The summed E-state index contributed by atoms with van der Waals surface area (Å²) >= 11 is 0. The molecule has 2 atom stereocenters. The van der Waals surface area contributed by atoms with Gasteiger partial charge in [0.05, 0.1) is 12.5 Å². The second-order valence-corrected chi connectivity index (χ2v) is 6.75. The zero-order valence-electron chi connectivity index (χ0n) is 13.8. The third kappa shape index (κ3) is 2.11. The van der Waals surface area contributed by atoms with Gasteiger partial charge in [0.2, 0.25) is 11.5 Å². The van der Waals surface area contributed by atoms with Crippen molar-refractivity contribution in [1.82, 2.24) is 0 Å². The van der Waals surface area contributed by atoms with Crippen molar-refractivity contribution in [3.63, 3.8) is 0 Å². The van der Waals surface area contributed by atoms with Gasteiger partial charge in [-0.05, 0) is 41.2 Å². The van der Waals surface area contributed by atoms with Gasteiger partial charge >= 0.3 is 0 Å². The fourth-order valence-corrected chi connectivity index (χ4v) is 4.15. The predicted octanol–water partition coefficient (Wildman–Crippen LogP) is 1.82. The number of aliphatic hydroxyl groups is 2. The van der Waals surface area contributed by atoms with Crippen molar-refractivity contribution in [2.75, 3.05) is 0 Å². The maximum absolute atomic E-state index is 11.1. The summed E-state index contributed by atoms with van der Waals surface area (Å²) in [5.41, 5.74) is 3.31. The molecule has 1 aliphatic carbocycles. The van der Waals surface area contributed by atoms with Crippen molar-refractivity contribution in [3.05, 3.63) is 46.0 Å². The van der Waals surface area contributed by atoms with E-state index in [0.717, 1.165) is 5.56 Å². The molecule has 1 heterocycles. The van der Waals surface area contributed by atoms with Crippen LogP contribution in [-0.2, 0) is 25.9 Å². The molecule has 2 aromatic rings. The van der Waals surface area contributed by atoms with Crippen LogP contribution >= 0.6 is 0 Å². The predicted molar refractivity (Wildman–Crippen MR) is 88.9 cm³/mol. The highest BCUT2D eigenvalue weighted by molar-refractivity contribution is 5.60. The van der Waals surface area contributed by atoms with Gasteiger partial charge in [0, 0.05) is 12.0 Å². The molecule has 4 rings (SSSR count). The number of benzene rings is 2. The third-order valence-corrected chi connectivity index (χ3v) is 5.38. The highest BCUT2D eigenvalue weighted by Gasteiger charge is 2.52. The first-order valence-electron chi connectivity index (χ1n) is 8.32. The Labute approximate surface area is 144 Å². The summed E-state index contributed by atoms with van der Waals surface area (Å²) < 4.78 is 5.73. The summed E-state index contributed by atoms with van der Waals surface area (Å²) in [6.45, 7) is 1.58. The second kappa shape index (κ2) is 5.28. The van der Waals surface area contributed by atoms with Crippen LogP contribution in [0.15, 0.2) is 18.2 Å². The van der Waals surface area contributed by atoms with Crippen LogP contribution in [0.5, 0.6) is 23.0 Å². The van der Waals surface area contributed by atoms with Gasteiger partial charge in [-0.15, -0.1) is 0 Å². The molecular weight excluding hydrogens is 324 g/mol. The molecule has 0 saturated carbocycles. The van der Waals surface area contributed by atoms with Gasteiger partial charge in [0.15, 0.2) is 11.5 Å². The van der Waals surface area contributed by atoms with Crippen molar-refractivity contribution >= 4 is 0 Å². The van der Waals surface area contributed by atoms with E-state index in [4.69, 9.17) is 4.74 Å². The maximum atomic E-state index is 11.1. The first kappa shape index (κ1) is 16.1. The molecular formula is C19H20O6. The van der Waals surface area contributed by atoms with Crippen LogP contribution in [0.2, 0.25) is 0 Å². The molecule has 0 radical (unpaired) electrons. The number of fused-ring (bicyclic) bond motifs is 4. The molecule has 6 nitrogen and oxygen atoms in total. The standard InChI is InChI=1S/C19H20O6/c1-2-9-5-11-7-19(24)13(15(11)12(8-20)16(9)22)6-10-3-4-14(21)17(23)18(10)25-19/h3-5,13,20-24H,2,6-8H2,1H3. The quantitative estimate of drug-likeness (QED) is 0.532. The molecule has 2 unspecified atom stereocenters. The summed E-state index contributed by atoms with van der Waals surface area (Å²) in [6, 6.07) is 4.86. The van der Waals surface area contributed by atoms with Gasteiger partial charge in [0.25, 0.3) is 0 Å². The van der Waals surface area contributed by atoms with Crippen LogP contribution in [-0.4, -0.2) is 31.3 Å². The monoisotopic (exact) mass is 344 g/mol. The normalized spacial score (nSPS) is 23.6. The Hall–Kier alpha value is -2.44. The van der Waals surface area contributed by atoms with Gasteiger partial charge in [-0.2, -0.15) is 0 Å². The average Bonchev–Trinajstić information content (AvgIpc) is 2.87. The molecule has 2 aromatic carbocycles. The largest absolute Gasteiger partial charge is 0.507 e. The molecule has 25 heavy (non-hydrogen) atoms. The molecule has 0 aromatic heterocycles. The number of phenols is 3. The Morgan fingerprint density at radius 2 is 1.92 bits per heavy atom. The molecule has 0 bridgehead atoms. The highest BCUT2D eigenvalue weighted by atomic mass is 16.6. The van der Waals surface area contributed by atoms with E-state index >= 15 is 0 Å². The van der Waals surface area contributed by atoms with Crippen molar-refractivity contribution in [1.29, 1.82) is 0 Å². The Balaban J connectivity index is 1.89. The zero-order chi connectivity index (χ0) is 17.9. The minimum atomic E-state index is -1.59. The number of hydrogen-bond donors (Lipinski definition) is 5. The van der Waals surface area contributed by atoms with E-state index in [1.165, 1.54) is 6.07 Å². The molecule has 0 saturated heterocycles. The minimum Gasteiger partial charge on any atom is -0.507 e. The van der Waals surface area contributed by atoms with Gasteiger partial charge in [-0.25, -0.2) is 0 Å². The minimum absolute atomic E-state index is 0.0624. The fraction of sp³-hybridized carbons (Fsp3) is 0.368. The number of phenolic OH excluding ortho intramolecular Hbond substituents is 2. The lowest BCUT2D eigenvalue weighted by atomic mass is 9.84. The van der Waals surface area contributed by atoms with E-state index in [1.54, 1.807) is 6.07 Å². The van der Waals surface area contributed by atoms with E-state index in [9.17, 15) is 25.5 Å². The Morgan fingerprint density at radius 1 is 1.16 bits per heavy atom. The van der Waals surface area contributed by atoms with Gasteiger partial charge in [-0.3, -0.25) is 0 Å². The number of aliphatic hydroxyl groups excluding tert-OH is 1. The summed E-state index contributed by atoms with van der Waals surface area (Å²) in [5, 5.41) is 51.1. The van der Waals surface area contributed by atoms with Crippen LogP contribution in [0.1, 0.15) is 40.7 Å². The molecule has 0 amide bonds. The molecule has 0 fully saturated rings. The van der Waals surface area contributed by atoms with Crippen LogP contribution in [0.3, 0.4) is 0 Å². The maximum Gasteiger partial charge on any atom is 0.219 e. The van der Waals surface area contributed by atoms with Crippen molar-refractivity contribution in [2.24, 2.45) is 0 Å². The van der Waals surface area contributed by atoms with E-state index in [-0.39, 0.29) is 36.0 Å². The van der Waals surface area contributed by atoms with E-state index in [2.05, 4.69) is 0 Å². The Bertz CT molecular complexity index is 875. The SMILES string of the molecule is CCc1cc2c(c(CO)c1O)C1Cc3ccc(O)c(O)c3OC1(O)C2. The van der Waals surface area contributed by atoms with E-state index in [0.29, 0.717) is 35.1 Å². The smallest absolute Gasteiger partial charge is 0.219 e. The van der Waals surface area contributed by atoms with Crippen molar-refractivity contribution in [2.45, 2.75) is 44.5 Å². The second-order valence-electron chi connectivity index (χ2n) is 6.75. The number of rotatable bonds is 2. The average molecular weight is 344 g/mol. The van der Waals surface area contributed by atoms with Crippen molar-refractivity contribution in [3.8, 4) is 23.0 Å². The Morgan fingerprint density at radius 3 is 2.60 bits per heavy atom. The molecule has 0 spiro atoms. The highest BCUT2D eigenvalue weighted by Crippen LogP contribution is 2.54. The summed E-state index contributed by atoms with van der Waals surface area (Å²) in [7, 11) is 0. The lowest BCUT2D eigenvalue weighted by Crippen LogP contribution is -2.44. The third-order valence-electron chi connectivity index (χ3n) is 5.38. The zero-order valence-corrected chi connectivity index (χ0v) is 13.8. The number of aryl methyl sites for hydroxylation is 1. The number of aromatic hydroxyl groups is 3. The molecule has 6 heteroatoms. The van der Waals surface area contributed by atoms with E-state index < -0.39 is 11.7 Å².